The molecule has 2 aromatic heterocycles. The minimum absolute atomic E-state index is 0.178. The van der Waals surface area contributed by atoms with Gasteiger partial charge in [0.25, 0.3) is 0 Å². The van der Waals surface area contributed by atoms with Gasteiger partial charge in [0.05, 0.1) is 15.9 Å². The molecule has 2 heterocycles. The molecule has 1 aliphatic carbocycles. The highest BCUT2D eigenvalue weighted by Crippen LogP contribution is 2.31. The summed E-state index contributed by atoms with van der Waals surface area (Å²) in [5.41, 5.74) is 2.97. The van der Waals surface area contributed by atoms with Crippen LogP contribution in [0.4, 0.5) is 0 Å². The standard InChI is InChI=1S/C14H11N3O2S/c18-13(19)12-8-4-3-6-10(8)17(16-12)14-15-9-5-1-2-7-11(9)20-14/h1-2,5,7H,3-4,6H2,(H,18,19). The van der Waals surface area contributed by atoms with Crippen LogP contribution in [-0.2, 0) is 12.8 Å². The molecule has 0 bridgehead atoms. The average molecular weight is 285 g/mol. The molecule has 3 aromatic rings. The number of carboxylic acids is 1. The Balaban J connectivity index is 1.94. The van der Waals surface area contributed by atoms with Gasteiger partial charge in [0, 0.05) is 5.56 Å². The van der Waals surface area contributed by atoms with Crippen molar-refractivity contribution in [3.8, 4) is 5.13 Å². The molecule has 100 valence electrons. The number of rotatable bonds is 2. The summed E-state index contributed by atoms with van der Waals surface area (Å²) < 4.78 is 2.80. The van der Waals surface area contributed by atoms with Gasteiger partial charge in [-0.25, -0.2) is 14.5 Å². The lowest BCUT2D eigenvalue weighted by molar-refractivity contribution is 0.0689. The fourth-order valence-corrected chi connectivity index (χ4v) is 3.66. The van der Waals surface area contributed by atoms with E-state index in [-0.39, 0.29) is 5.69 Å². The first-order valence-electron chi connectivity index (χ1n) is 6.44. The number of fused-ring (bicyclic) bond motifs is 2. The quantitative estimate of drug-likeness (QED) is 0.786. The van der Waals surface area contributed by atoms with Crippen LogP contribution in [0.3, 0.4) is 0 Å². The molecule has 4 rings (SSSR count). The van der Waals surface area contributed by atoms with Gasteiger partial charge < -0.3 is 5.11 Å². The van der Waals surface area contributed by atoms with Crippen molar-refractivity contribution >= 4 is 27.5 Å². The number of aromatic nitrogens is 3. The fourth-order valence-electron chi connectivity index (χ4n) is 2.72. The van der Waals surface area contributed by atoms with Crippen LogP contribution >= 0.6 is 11.3 Å². The van der Waals surface area contributed by atoms with Crippen LogP contribution in [0, 0.1) is 0 Å². The van der Waals surface area contributed by atoms with E-state index in [2.05, 4.69) is 10.1 Å². The summed E-state index contributed by atoms with van der Waals surface area (Å²) in [4.78, 5) is 15.8. The summed E-state index contributed by atoms with van der Waals surface area (Å²) in [5, 5.41) is 14.3. The van der Waals surface area contributed by atoms with Crippen molar-refractivity contribution in [1.29, 1.82) is 0 Å². The molecule has 0 aliphatic heterocycles. The molecule has 0 saturated carbocycles. The van der Waals surface area contributed by atoms with Gasteiger partial charge in [0.1, 0.15) is 0 Å². The molecule has 20 heavy (non-hydrogen) atoms. The number of hydrogen-bond donors (Lipinski definition) is 1. The smallest absolute Gasteiger partial charge is 0.356 e. The molecule has 0 saturated heterocycles. The number of benzene rings is 1. The van der Waals surface area contributed by atoms with Crippen LogP contribution < -0.4 is 0 Å². The topological polar surface area (TPSA) is 68.0 Å². The molecule has 0 amide bonds. The Morgan fingerprint density at radius 3 is 2.95 bits per heavy atom. The van der Waals surface area contributed by atoms with E-state index in [1.54, 1.807) is 4.68 Å². The zero-order chi connectivity index (χ0) is 13.7. The van der Waals surface area contributed by atoms with Crippen LogP contribution in [-0.4, -0.2) is 25.8 Å². The van der Waals surface area contributed by atoms with Gasteiger partial charge in [-0.05, 0) is 31.4 Å². The first kappa shape index (κ1) is 11.6. The van der Waals surface area contributed by atoms with E-state index < -0.39 is 5.97 Å². The van der Waals surface area contributed by atoms with Gasteiger partial charge in [0.2, 0.25) is 5.13 Å². The van der Waals surface area contributed by atoms with E-state index in [1.807, 2.05) is 24.3 Å². The third kappa shape index (κ3) is 1.58. The van der Waals surface area contributed by atoms with Gasteiger partial charge >= 0.3 is 5.97 Å². The summed E-state index contributed by atoms with van der Waals surface area (Å²) in [6.45, 7) is 0. The monoisotopic (exact) mass is 285 g/mol. The van der Waals surface area contributed by atoms with Crippen molar-refractivity contribution < 1.29 is 9.90 Å². The van der Waals surface area contributed by atoms with Crippen LogP contribution in [0.1, 0.15) is 28.2 Å². The zero-order valence-corrected chi connectivity index (χ0v) is 11.4. The highest BCUT2D eigenvalue weighted by atomic mass is 32.1. The number of carboxylic acid groups (broad SMARTS) is 1. The third-order valence-electron chi connectivity index (χ3n) is 3.60. The minimum atomic E-state index is -0.956. The van der Waals surface area contributed by atoms with E-state index in [0.717, 1.165) is 45.9 Å². The molecular weight excluding hydrogens is 274 g/mol. The Labute approximate surface area is 118 Å². The van der Waals surface area contributed by atoms with Gasteiger partial charge in [-0.2, -0.15) is 5.10 Å². The Morgan fingerprint density at radius 1 is 1.30 bits per heavy atom. The molecule has 0 spiro atoms. The minimum Gasteiger partial charge on any atom is -0.476 e. The maximum absolute atomic E-state index is 11.3. The highest BCUT2D eigenvalue weighted by Gasteiger charge is 2.27. The van der Waals surface area contributed by atoms with Crippen LogP contribution in [0.5, 0.6) is 0 Å². The van der Waals surface area contributed by atoms with Crippen molar-refractivity contribution in [3.63, 3.8) is 0 Å². The first-order valence-corrected chi connectivity index (χ1v) is 7.25. The summed E-state index contributed by atoms with van der Waals surface area (Å²) in [6, 6.07) is 7.89. The first-order chi connectivity index (χ1) is 9.74. The maximum atomic E-state index is 11.3. The number of thiazole rings is 1. The van der Waals surface area contributed by atoms with Gasteiger partial charge in [-0.3, -0.25) is 0 Å². The van der Waals surface area contributed by atoms with Crippen molar-refractivity contribution in [1.82, 2.24) is 14.8 Å². The number of hydrogen-bond acceptors (Lipinski definition) is 4. The Hall–Kier alpha value is -2.21. The van der Waals surface area contributed by atoms with Crippen molar-refractivity contribution in [2.45, 2.75) is 19.3 Å². The second-order valence-electron chi connectivity index (χ2n) is 4.81. The summed E-state index contributed by atoms with van der Waals surface area (Å²) in [7, 11) is 0. The average Bonchev–Trinajstić information content (AvgIpc) is 3.11. The van der Waals surface area contributed by atoms with Crippen LogP contribution in [0.25, 0.3) is 15.3 Å². The fraction of sp³-hybridized carbons (Fsp3) is 0.214. The molecule has 0 unspecified atom stereocenters. The predicted molar refractivity (Wildman–Crippen MR) is 75.7 cm³/mol. The number of nitrogens with zero attached hydrogens (tertiary/aromatic N) is 3. The second-order valence-corrected chi connectivity index (χ2v) is 5.82. The molecule has 6 heteroatoms. The van der Waals surface area contributed by atoms with E-state index in [0.29, 0.717) is 0 Å². The zero-order valence-electron chi connectivity index (χ0n) is 10.5. The number of para-hydroxylation sites is 1. The van der Waals surface area contributed by atoms with Crippen LogP contribution in [0.2, 0.25) is 0 Å². The number of aromatic carboxylic acids is 1. The third-order valence-corrected chi connectivity index (χ3v) is 4.61. The van der Waals surface area contributed by atoms with E-state index in [1.165, 1.54) is 11.3 Å². The largest absolute Gasteiger partial charge is 0.476 e. The molecule has 1 N–H and O–H groups in total. The van der Waals surface area contributed by atoms with Crippen molar-refractivity contribution in [3.05, 3.63) is 41.2 Å². The van der Waals surface area contributed by atoms with E-state index in [4.69, 9.17) is 0 Å². The molecule has 1 aromatic carbocycles. The van der Waals surface area contributed by atoms with Gasteiger partial charge in [0.15, 0.2) is 5.69 Å². The van der Waals surface area contributed by atoms with Crippen molar-refractivity contribution in [2.75, 3.05) is 0 Å². The van der Waals surface area contributed by atoms with Gasteiger partial charge in [-0.15, -0.1) is 0 Å². The Bertz CT molecular complexity index is 801. The molecule has 5 nitrogen and oxygen atoms in total. The maximum Gasteiger partial charge on any atom is 0.356 e. The number of carbonyl (C=O) groups is 1. The van der Waals surface area contributed by atoms with Crippen LogP contribution in [0.15, 0.2) is 24.3 Å². The molecule has 0 atom stereocenters. The normalized spacial score (nSPS) is 13.8. The Morgan fingerprint density at radius 2 is 2.15 bits per heavy atom. The second kappa shape index (κ2) is 4.14. The van der Waals surface area contributed by atoms with E-state index >= 15 is 0 Å². The highest BCUT2D eigenvalue weighted by molar-refractivity contribution is 7.20. The van der Waals surface area contributed by atoms with E-state index in [9.17, 15) is 9.90 Å². The summed E-state index contributed by atoms with van der Waals surface area (Å²) in [6.07, 6.45) is 2.64. The molecular formula is C14H11N3O2S. The molecule has 0 fully saturated rings. The lowest BCUT2D eigenvalue weighted by Gasteiger charge is -1.99. The Kier molecular flexibility index (Phi) is 2.40. The van der Waals surface area contributed by atoms with Gasteiger partial charge in [-0.1, -0.05) is 23.5 Å². The summed E-state index contributed by atoms with van der Waals surface area (Å²) >= 11 is 1.54. The van der Waals surface area contributed by atoms with Crippen molar-refractivity contribution in [2.24, 2.45) is 0 Å². The lowest BCUT2D eigenvalue weighted by atomic mass is 10.2. The predicted octanol–water partition coefficient (Wildman–Crippen LogP) is 2.67. The molecule has 1 aliphatic rings. The SMILES string of the molecule is O=C(O)c1nn(-c2nc3ccccc3s2)c2c1CCC2. The summed E-state index contributed by atoms with van der Waals surface area (Å²) in [5.74, 6) is -0.956. The molecule has 0 radical (unpaired) electrons. The lowest BCUT2D eigenvalue weighted by Crippen LogP contribution is -2.04.